The van der Waals surface area contributed by atoms with Crippen molar-refractivity contribution in [1.82, 2.24) is 4.98 Å². The SMILES string of the molecule is Cc1nc2ccccc2[n+]2c([O-])c(-c3ccccc3)sc12.O=S(=O)(O)O. The highest BCUT2D eigenvalue weighted by Crippen LogP contribution is 2.34. The quantitative estimate of drug-likeness (QED) is 0.381. The number of hydrogen-bond donors (Lipinski definition) is 2. The molecule has 4 aromatic rings. The van der Waals surface area contributed by atoms with Crippen molar-refractivity contribution in [1.29, 1.82) is 0 Å². The number of aryl methyl sites for hydroxylation is 1. The van der Waals surface area contributed by atoms with Crippen LogP contribution in [-0.4, -0.2) is 22.5 Å². The molecule has 0 fully saturated rings. The van der Waals surface area contributed by atoms with Crippen molar-refractivity contribution in [3.63, 3.8) is 0 Å². The van der Waals surface area contributed by atoms with Crippen LogP contribution < -0.4 is 9.51 Å². The van der Waals surface area contributed by atoms with Gasteiger partial charge in [0.1, 0.15) is 11.2 Å². The summed E-state index contributed by atoms with van der Waals surface area (Å²) in [5, 5.41) is 12.8. The van der Waals surface area contributed by atoms with Crippen LogP contribution in [0.3, 0.4) is 0 Å². The Morgan fingerprint density at radius 2 is 1.62 bits per heavy atom. The van der Waals surface area contributed by atoms with Crippen molar-refractivity contribution < 1.29 is 27.0 Å². The zero-order valence-corrected chi connectivity index (χ0v) is 15.2. The molecule has 2 N–H and O–H groups in total. The normalized spacial score (nSPS) is 11.3. The first-order valence-electron chi connectivity index (χ1n) is 7.42. The van der Waals surface area contributed by atoms with E-state index in [-0.39, 0.29) is 5.88 Å². The highest BCUT2D eigenvalue weighted by molar-refractivity contribution is 7.79. The van der Waals surface area contributed by atoms with Crippen LogP contribution in [0.5, 0.6) is 5.88 Å². The van der Waals surface area contributed by atoms with Gasteiger partial charge >= 0.3 is 10.4 Å². The van der Waals surface area contributed by atoms with Gasteiger partial charge < -0.3 is 5.11 Å². The van der Waals surface area contributed by atoms with E-state index in [0.717, 1.165) is 32.0 Å². The number of benzene rings is 2. The maximum Gasteiger partial charge on any atom is 0.394 e. The Labute approximate surface area is 153 Å². The van der Waals surface area contributed by atoms with Gasteiger partial charge in [0.05, 0.1) is 4.88 Å². The summed E-state index contributed by atoms with van der Waals surface area (Å²) in [5.74, 6) is 0.0305. The molecule has 0 saturated heterocycles. The minimum Gasteiger partial charge on any atom is -0.822 e. The maximum absolute atomic E-state index is 12.8. The topological polar surface area (TPSA) is 115 Å². The largest absolute Gasteiger partial charge is 0.822 e. The zero-order valence-electron chi connectivity index (χ0n) is 13.5. The number of aromatic nitrogens is 2. The first kappa shape index (κ1) is 18.2. The zero-order chi connectivity index (χ0) is 18.9. The lowest BCUT2D eigenvalue weighted by molar-refractivity contribution is -0.558. The smallest absolute Gasteiger partial charge is 0.394 e. The molecule has 0 atom stereocenters. The summed E-state index contributed by atoms with van der Waals surface area (Å²) in [6.07, 6.45) is 0. The third kappa shape index (κ3) is 3.81. The summed E-state index contributed by atoms with van der Waals surface area (Å²) in [7, 11) is -4.67. The van der Waals surface area contributed by atoms with Crippen LogP contribution in [-0.2, 0) is 10.4 Å². The molecule has 0 radical (unpaired) electrons. The highest BCUT2D eigenvalue weighted by Gasteiger charge is 2.21. The van der Waals surface area contributed by atoms with Crippen molar-refractivity contribution in [2.75, 3.05) is 0 Å². The third-order valence-corrected chi connectivity index (χ3v) is 4.84. The number of fused-ring (bicyclic) bond motifs is 3. The number of thiazole rings is 1. The van der Waals surface area contributed by atoms with Gasteiger partial charge in [-0.25, -0.2) is 4.98 Å². The van der Waals surface area contributed by atoms with Crippen LogP contribution >= 0.6 is 11.3 Å². The van der Waals surface area contributed by atoms with Gasteiger partial charge in [-0.3, -0.25) is 9.11 Å². The molecule has 0 saturated carbocycles. The van der Waals surface area contributed by atoms with Crippen LogP contribution in [0.1, 0.15) is 5.69 Å². The molecule has 4 rings (SSSR count). The van der Waals surface area contributed by atoms with Crippen molar-refractivity contribution in [2.45, 2.75) is 6.92 Å². The summed E-state index contributed by atoms with van der Waals surface area (Å²) in [4.78, 5) is 6.28. The van der Waals surface area contributed by atoms with Crippen LogP contribution in [0, 0.1) is 6.92 Å². The van der Waals surface area contributed by atoms with Gasteiger partial charge in [0.2, 0.25) is 5.52 Å². The summed E-state index contributed by atoms with van der Waals surface area (Å²) < 4.78 is 33.4. The Morgan fingerprint density at radius 1 is 1.04 bits per heavy atom. The Bertz CT molecular complexity index is 1180. The van der Waals surface area contributed by atoms with E-state index in [1.54, 1.807) is 4.40 Å². The molecule has 0 unspecified atom stereocenters. The number of nitrogens with zero attached hydrogens (tertiary/aromatic N) is 2. The third-order valence-electron chi connectivity index (χ3n) is 3.56. The minimum atomic E-state index is -4.67. The van der Waals surface area contributed by atoms with Gasteiger partial charge in [-0.2, -0.15) is 12.8 Å². The molecule has 7 nitrogen and oxygen atoms in total. The molecule has 134 valence electrons. The molecule has 2 aromatic carbocycles. The van der Waals surface area contributed by atoms with E-state index < -0.39 is 10.4 Å². The molecule has 2 aromatic heterocycles. The van der Waals surface area contributed by atoms with Gasteiger partial charge in [0, 0.05) is 6.07 Å². The first-order valence-corrected chi connectivity index (χ1v) is 9.63. The van der Waals surface area contributed by atoms with E-state index >= 15 is 0 Å². The Balaban J connectivity index is 0.000000349. The second-order valence-corrected chi connectivity index (χ2v) is 7.27. The van der Waals surface area contributed by atoms with Gasteiger partial charge in [0.25, 0.3) is 4.83 Å². The molecule has 0 aliphatic carbocycles. The Morgan fingerprint density at radius 3 is 2.27 bits per heavy atom. The molecule has 0 bridgehead atoms. The van der Waals surface area contributed by atoms with E-state index in [4.69, 9.17) is 17.5 Å². The van der Waals surface area contributed by atoms with E-state index in [2.05, 4.69) is 4.98 Å². The summed E-state index contributed by atoms with van der Waals surface area (Å²) >= 11 is 1.51. The Hall–Kier alpha value is -2.59. The molecule has 9 heteroatoms. The van der Waals surface area contributed by atoms with Gasteiger partial charge in [-0.05, 0) is 18.6 Å². The fourth-order valence-electron chi connectivity index (χ4n) is 2.58. The summed E-state index contributed by atoms with van der Waals surface area (Å²) in [6.45, 7) is 1.95. The summed E-state index contributed by atoms with van der Waals surface area (Å²) in [6, 6.07) is 17.6. The molecule has 0 aliphatic heterocycles. The van der Waals surface area contributed by atoms with E-state index in [0.29, 0.717) is 0 Å². The highest BCUT2D eigenvalue weighted by atomic mass is 32.3. The van der Waals surface area contributed by atoms with E-state index in [1.807, 2.05) is 61.5 Å². The molecule has 0 aliphatic rings. The van der Waals surface area contributed by atoms with Crippen molar-refractivity contribution in [3.8, 4) is 16.3 Å². The standard InChI is InChI=1S/C17H12N2OS.H2O4S/c1-11-17-19(14-10-6-5-9-13(14)18-11)16(20)15(21-17)12-7-3-2-4-8-12;1-5(2,3)4/h2-10H,1H3;(H2,1,2,3,4). The predicted octanol–water partition coefficient (Wildman–Crippen LogP) is 2.43. The van der Waals surface area contributed by atoms with Crippen molar-refractivity contribution >= 4 is 37.6 Å². The fraction of sp³-hybridized carbons (Fsp3) is 0.0588. The molecule has 26 heavy (non-hydrogen) atoms. The fourth-order valence-corrected chi connectivity index (χ4v) is 3.67. The number of para-hydroxylation sites is 2. The minimum absolute atomic E-state index is 0.0305. The van der Waals surface area contributed by atoms with E-state index in [1.165, 1.54) is 11.3 Å². The lowest BCUT2D eigenvalue weighted by Crippen LogP contribution is -2.26. The van der Waals surface area contributed by atoms with Crippen LogP contribution in [0.15, 0.2) is 54.6 Å². The predicted molar refractivity (Wildman–Crippen MR) is 96.6 cm³/mol. The van der Waals surface area contributed by atoms with Gasteiger partial charge in [0.15, 0.2) is 5.88 Å². The Kier molecular flexibility index (Phi) is 4.88. The molecular weight excluding hydrogens is 376 g/mol. The van der Waals surface area contributed by atoms with Crippen molar-refractivity contribution in [3.05, 3.63) is 60.3 Å². The average molecular weight is 390 g/mol. The maximum atomic E-state index is 12.8. The van der Waals surface area contributed by atoms with Crippen molar-refractivity contribution in [2.24, 2.45) is 0 Å². The lowest BCUT2D eigenvalue weighted by atomic mass is 10.2. The molecule has 0 amide bonds. The average Bonchev–Trinajstić information content (AvgIpc) is 2.93. The van der Waals surface area contributed by atoms with Crippen LogP contribution in [0.2, 0.25) is 0 Å². The number of rotatable bonds is 1. The molecular formula is C17H14N2O5S2. The van der Waals surface area contributed by atoms with Gasteiger partial charge in [-0.15, -0.1) is 0 Å². The monoisotopic (exact) mass is 390 g/mol. The lowest BCUT2D eigenvalue weighted by Gasteiger charge is -2.02. The molecule has 0 spiro atoms. The second kappa shape index (κ2) is 6.96. The van der Waals surface area contributed by atoms with Crippen LogP contribution in [0.25, 0.3) is 26.3 Å². The van der Waals surface area contributed by atoms with Crippen LogP contribution in [0.4, 0.5) is 0 Å². The second-order valence-electron chi connectivity index (χ2n) is 5.38. The number of hydrogen-bond acceptors (Lipinski definition) is 5. The van der Waals surface area contributed by atoms with Gasteiger partial charge in [-0.1, -0.05) is 53.8 Å². The molecule has 2 heterocycles. The first-order chi connectivity index (χ1) is 12.3. The van der Waals surface area contributed by atoms with E-state index in [9.17, 15) is 5.11 Å². The summed E-state index contributed by atoms with van der Waals surface area (Å²) in [5.41, 5.74) is 3.56.